The van der Waals surface area contributed by atoms with Crippen LogP contribution in [0.15, 0.2) is 18.2 Å². The number of hydrogen-bond donors (Lipinski definition) is 2. The Hall–Kier alpha value is -2.15. The van der Waals surface area contributed by atoms with Gasteiger partial charge in [0.1, 0.15) is 0 Å². The molecule has 2 N–H and O–H groups in total. The summed E-state index contributed by atoms with van der Waals surface area (Å²) in [6, 6.07) is 4.80. The molecule has 0 atom stereocenters. The van der Waals surface area contributed by atoms with Crippen LogP contribution in [0.25, 0.3) is 15.5 Å². The van der Waals surface area contributed by atoms with Crippen molar-refractivity contribution in [2.75, 3.05) is 0 Å². The fraction of sp³-hybridized carbons (Fsp3) is 0.308. The number of para-hydroxylation sites is 1. The van der Waals surface area contributed by atoms with Gasteiger partial charge in [-0.25, -0.2) is 0 Å². The standard InChI is InChI=1S/C13H14N4O2S/c1-13(2,3)11-14-15-12-17(11)16-10(20-12)7-5-4-6-8(18)9(7)19/h4-6,18-19H,1-3H3. The van der Waals surface area contributed by atoms with E-state index >= 15 is 0 Å². The third kappa shape index (κ3) is 1.90. The highest BCUT2D eigenvalue weighted by atomic mass is 32.1. The summed E-state index contributed by atoms with van der Waals surface area (Å²) in [5.74, 6) is 0.425. The summed E-state index contributed by atoms with van der Waals surface area (Å²) in [4.78, 5) is 0.660. The lowest BCUT2D eigenvalue weighted by Gasteiger charge is -2.13. The Balaban J connectivity index is 2.19. The van der Waals surface area contributed by atoms with Gasteiger partial charge in [-0.3, -0.25) is 0 Å². The van der Waals surface area contributed by atoms with Crippen molar-refractivity contribution in [3.8, 4) is 22.1 Å². The summed E-state index contributed by atoms with van der Waals surface area (Å²) in [6.07, 6.45) is 0. The maximum Gasteiger partial charge on any atom is 0.235 e. The van der Waals surface area contributed by atoms with Crippen LogP contribution in [0.1, 0.15) is 26.6 Å². The van der Waals surface area contributed by atoms with Crippen molar-refractivity contribution >= 4 is 16.3 Å². The fourth-order valence-corrected chi connectivity index (χ4v) is 2.76. The van der Waals surface area contributed by atoms with Gasteiger partial charge in [0.25, 0.3) is 0 Å². The van der Waals surface area contributed by atoms with E-state index in [-0.39, 0.29) is 16.9 Å². The van der Waals surface area contributed by atoms with E-state index in [0.717, 1.165) is 5.82 Å². The number of rotatable bonds is 1. The Morgan fingerprint density at radius 1 is 1.15 bits per heavy atom. The van der Waals surface area contributed by atoms with E-state index in [9.17, 15) is 10.2 Å². The molecule has 1 aromatic carbocycles. The number of hydrogen-bond acceptors (Lipinski definition) is 6. The first kappa shape index (κ1) is 12.9. The molecule has 104 valence electrons. The molecule has 0 radical (unpaired) electrons. The quantitative estimate of drug-likeness (QED) is 0.673. The molecule has 3 aromatic rings. The molecule has 0 bridgehead atoms. The Bertz CT molecular complexity index is 785. The van der Waals surface area contributed by atoms with E-state index in [4.69, 9.17) is 0 Å². The molecule has 0 unspecified atom stereocenters. The average Bonchev–Trinajstić information content (AvgIpc) is 2.90. The van der Waals surface area contributed by atoms with Gasteiger partial charge in [0.15, 0.2) is 22.3 Å². The zero-order valence-corrected chi connectivity index (χ0v) is 12.1. The number of aromatic hydroxyl groups is 2. The predicted octanol–water partition coefficient (Wildman–Crippen LogP) is 2.56. The molecule has 6 nitrogen and oxygen atoms in total. The van der Waals surface area contributed by atoms with E-state index < -0.39 is 0 Å². The van der Waals surface area contributed by atoms with E-state index in [2.05, 4.69) is 15.3 Å². The minimum Gasteiger partial charge on any atom is -0.504 e. The Kier molecular flexibility index (Phi) is 2.68. The Morgan fingerprint density at radius 3 is 2.60 bits per heavy atom. The van der Waals surface area contributed by atoms with Crippen LogP contribution >= 0.6 is 11.3 Å². The second kappa shape index (κ2) is 4.17. The van der Waals surface area contributed by atoms with Crippen molar-refractivity contribution < 1.29 is 10.2 Å². The molecule has 0 aliphatic rings. The van der Waals surface area contributed by atoms with Crippen molar-refractivity contribution in [2.24, 2.45) is 0 Å². The third-order valence-electron chi connectivity index (χ3n) is 2.91. The molecule has 0 aliphatic heterocycles. The lowest BCUT2D eigenvalue weighted by Crippen LogP contribution is -2.16. The van der Waals surface area contributed by atoms with E-state index in [1.54, 1.807) is 16.6 Å². The van der Waals surface area contributed by atoms with Gasteiger partial charge in [0.05, 0.1) is 5.56 Å². The van der Waals surface area contributed by atoms with Gasteiger partial charge in [-0.05, 0) is 12.1 Å². The van der Waals surface area contributed by atoms with Crippen LogP contribution in [0.4, 0.5) is 0 Å². The van der Waals surface area contributed by atoms with Crippen molar-refractivity contribution in [2.45, 2.75) is 26.2 Å². The second-order valence-corrected chi connectivity index (χ2v) is 6.50. The molecule has 0 saturated heterocycles. The zero-order chi connectivity index (χ0) is 14.5. The van der Waals surface area contributed by atoms with Crippen molar-refractivity contribution in [3.05, 3.63) is 24.0 Å². The summed E-state index contributed by atoms with van der Waals surface area (Å²) >= 11 is 1.32. The van der Waals surface area contributed by atoms with Crippen LogP contribution in [-0.4, -0.2) is 30.0 Å². The summed E-state index contributed by atoms with van der Waals surface area (Å²) in [5.41, 5.74) is 0.311. The van der Waals surface area contributed by atoms with Gasteiger partial charge >= 0.3 is 0 Å². The maximum atomic E-state index is 9.91. The van der Waals surface area contributed by atoms with Gasteiger partial charge < -0.3 is 10.2 Å². The minimum atomic E-state index is -0.175. The number of nitrogens with zero attached hydrogens (tertiary/aromatic N) is 4. The van der Waals surface area contributed by atoms with Gasteiger partial charge in [-0.1, -0.05) is 38.2 Å². The summed E-state index contributed by atoms with van der Waals surface area (Å²) < 4.78 is 1.68. The molecule has 0 amide bonds. The molecular weight excluding hydrogens is 276 g/mol. The zero-order valence-electron chi connectivity index (χ0n) is 11.3. The van der Waals surface area contributed by atoms with Crippen LogP contribution in [0, 0.1) is 0 Å². The van der Waals surface area contributed by atoms with Crippen molar-refractivity contribution in [3.63, 3.8) is 0 Å². The SMILES string of the molecule is CC(C)(C)c1nnc2sc(-c3cccc(O)c3O)nn12. The van der Waals surface area contributed by atoms with Crippen LogP contribution in [0.5, 0.6) is 11.5 Å². The molecule has 2 heterocycles. The van der Waals surface area contributed by atoms with E-state index in [0.29, 0.717) is 15.5 Å². The molecule has 3 rings (SSSR count). The van der Waals surface area contributed by atoms with Gasteiger partial charge in [-0.15, -0.1) is 10.2 Å². The van der Waals surface area contributed by atoms with E-state index in [1.807, 2.05) is 20.8 Å². The molecule has 7 heteroatoms. The molecule has 0 fully saturated rings. The second-order valence-electron chi connectivity index (χ2n) is 5.55. The van der Waals surface area contributed by atoms with Crippen LogP contribution in [-0.2, 0) is 5.41 Å². The van der Waals surface area contributed by atoms with Crippen molar-refractivity contribution in [1.82, 2.24) is 19.8 Å². The van der Waals surface area contributed by atoms with Gasteiger partial charge in [-0.2, -0.15) is 9.61 Å². The molecule has 20 heavy (non-hydrogen) atoms. The highest BCUT2D eigenvalue weighted by Gasteiger charge is 2.24. The molecule has 0 spiro atoms. The van der Waals surface area contributed by atoms with Crippen LogP contribution < -0.4 is 0 Å². The summed E-state index contributed by atoms with van der Waals surface area (Å²) in [5, 5.41) is 32.8. The van der Waals surface area contributed by atoms with Crippen molar-refractivity contribution in [1.29, 1.82) is 0 Å². The first-order valence-corrected chi connectivity index (χ1v) is 6.93. The van der Waals surface area contributed by atoms with Gasteiger partial charge in [0, 0.05) is 5.41 Å². The largest absolute Gasteiger partial charge is 0.504 e. The average molecular weight is 290 g/mol. The summed E-state index contributed by atoms with van der Waals surface area (Å²) in [6.45, 7) is 6.11. The maximum absolute atomic E-state index is 9.91. The van der Waals surface area contributed by atoms with Gasteiger partial charge in [0.2, 0.25) is 4.96 Å². The predicted molar refractivity (Wildman–Crippen MR) is 76.1 cm³/mol. The molecule has 0 saturated carbocycles. The monoisotopic (exact) mass is 290 g/mol. The number of phenolic OH excluding ortho intramolecular Hbond substituents is 2. The third-order valence-corrected chi connectivity index (χ3v) is 3.84. The highest BCUT2D eigenvalue weighted by molar-refractivity contribution is 7.19. The molecule has 0 aliphatic carbocycles. The van der Waals surface area contributed by atoms with Crippen LogP contribution in [0.2, 0.25) is 0 Å². The fourth-order valence-electron chi connectivity index (χ4n) is 1.90. The minimum absolute atomic E-state index is 0.162. The first-order valence-electron chi connectivity index (χ1n) is 6.12. The Morgan fingerprint density at radius 2 is 1.90 bits per heavy atom. The lowest BCUT2D eigenvalue weighted by molar-refractivity contribution is 0.405. The number of benzene rings is 1. The Labute approximate surface area is 119 Å². The van der Waals surface area contributed by atoms with Crippen LogP contribution in [0.3, 0.4) is 0 Å². The topological polar surface area (TPSA) is 83.5 Å². The number of aromatic nitrogens is 4. The molecular formula is C13H14N4O2S. The molecule has 2 aromatic heterocycles. The van der Waals surface area contributed by atoms with E-state index in [1.165, 1.54) is 17.4 Å². The lowest BCUT2D eigenvalue weighted by atomic mass is 9.96. The first-order chi connectivity index (χ1) is 9.38. The number of phenols is 2. The normalized spacial score (nSPS) is 12.2. The number of fused-ring (bicyclic) bond motifs is 1. The highest BCUT2D eigenvalue weighted by Crippen LogP contribution is 2.38. The summed E-state index contributed by atoms with van der Waals surface area (Å²) in [7, 11) is 0. The smallest absolute Gasteiger partial charge is 0.235 e.